The second-order valence-electron chi connectivity index (χ2n) is 8.67. The van der Waals surface area contributed by atoms with Crippen LogP contribution in [0, 0.1) is 5.82 Å². The summed E-state index contributed by atoms with van der Waals surface area (Å²) in [5.74, 6) is -0.0687. The number of nitrogens with one attached hydrogen (secondary N) is 2. The number of rotatable bonds is 10. The molecule has 3 aromatic rings. The molecule has 1 amide bonds. The van der Waals surface area contributed by atoms with Crippen molar-refractivity contribution in [3.8, 4) is 17.0 Å². The highest BCUT2D eigenvalue weighted by atomic mass is 19.1. The van der Waals surface area contributed by atoms with E-state index in [1.807, 2.05) is 24.3 Å². The van der Waals surface area contributed by atoms with Gasteiger partial charge in [-0.1, -0.05) is 17.3 Å². The lowest BCUT2D eigenvalue weighted by Gasteiger charge is -2.42. The van der Waals surface area contributed by atoms with Gasteiger partial charge in [-0.2, -0.15) is 0 Å². The van der Waals surface area contributed by atoms with Gasteiger partial charge in [0.2, 0.25) is 5.91 Å². The first-order chi connectivity index (χ1) is 17.9. The number of aromatic nitrogens is 3. The fourth-order valence-corrected chi connectivity index (χ4v) is 4.24. The number of aliphatic hydroxyl groups is 3. The molecule has 1 fully saturated rings. The van der Waals surface area contributed by atoms with Gasteiger partial charge in [0, 0.05) is 24.3 Å². The highest BCUT2D eigenvalue weighted by Gasteiger charge is 2.46. The Balaban J connectivity index is 1.36. The van der Waals surface area contributed by atoms with Gasteiger partial charge in [0.05, 0.1) is 32.4 Å². The molecule has 1 aliphatic heterocycles. The first kappa shape index (κ1) is 26.5. The molecule has 198 valence electrons. The molecule has 12 heteroatoms. The predicted octanol–water partition coefficient (Wildman–Crippen LogP) is 0.734. The van der Waals surface area contributed by atoms with Gasteiger partial charge in [-0.15, -0.1) is 5.10 Å². The van der Waals surface area contributed by atoms with E-state index in [1.54, 1.807) is 13.2 Å². The summed E-state index contributed by atoms with van der Waals surface area (Å²) in [6, 6.07) is 12.1. The van der Waals surface area contributed by atoms with Gasteiger partial charge in [0.1, 0.15) is 41.6 Å². The number of anilines is 1. The third-order valence-electron chi connectivity index (χ3n) is 6.18. The summed E-state index contributed by atoms with van der Waals surface area (Å²) in [6.45, 7) is 0.261. The number of hydrogen-bond donors (Lipinski definition) is 5. The lowest BCUT2D eigenvalue weighted by Crippen LogP contribution is -2.56. The van der Waals surface area contributed by atoms with Crippen molar-refractivity contribution in [1.29, 1.82) is 0 Å². The van der Waals surface area contributed by atoms with E-state index in [2.05, 4.69) is 20.9 Å². The first-order valence-corrected chi connectivity index (χ1v) is 11.8. The van der Waals surface area contributed by atoms with Crippen LogP contribution in [0.4, 0.5) is 10.1 Å². The molecular formula is C25H30FN5O6. The zero-order chi connectivity index (χ0) is 26.4. The fourth-order valence-electron chi connectivity index (χ4n) is 4.24. The number of nitrogens with zero attached hydrogens (tertiary/aromatic N) is 3. The Morgan fingerprint density at radius 3 is 2.59 bits per heavy atom. The van der Waals surface area contributed by atoms with Crippen molar-refractivity contribution in [2.75, 3.05) is 32.1 Å². The Morgan fingerprint density at radius 2 is 1.89 bits per heavy atom. The van der Waals surface area contributed by atoms with Gasteiger partial charge in [-0.05, 0) is 36.4 Å². The van der Waals surface area contributed by atoms with E-state index < -0.39 is 42.9 Å². The van der Waals surface area contributed by atoms with Crippen molar-refractivity contribution in [3.05, 3.63) is 60.5 Å². The van der Waals surface area contributed by atoms with Crippen LogP contribution in [0.25, 0.3) is 11.3 Å². The monoisotopic (exact) mass is 515 g/mol. The number of ether oxygens (including phenoxy) is 2. The Morgan fingerprint density at radius 1 is 1.14 bits per heavy atom. The smallest absolute Gasteiger partial charge is 0.222 e. The van der Waals surface area contributed by atoms with Crippen LogP contribution in [0.15, 0.2) is 54.7 Å². The summed E-state index contributed by atoms with van der Waals surface area (Å²) in [5.41, 5.74) is 1.68. The second-order valence-corrected chi connectivity index (χ2v) is 8.67. The molecule has 37 heavy (non-hydrogen) atoms. The van der Waals surface area contributed by atoms with Crippen LogP contribution in [-0.4, -0.2) is 87.4 Å². The van der Waals surface area contributed by atoms with Crippen molar-refractivity contribution in [1.82, 2.24) is 20.3 Å². The third kappa shape index (κ3) is 6.41. The minimum absolute atomic E-state index is 0.200. The van der Waals surface area contributed by atoms with E-state index in [1.165, 1.54) is 29.1 Å². The lowest BCUT2D eigenvalue weighted by molar-refractivity contribution is -0.207. The summed E-state index contributed by atoms with van der Waals surface area (Å²) in [4.78, 5) is 12.6. The molecule has 0 radical (unpaired) electrons. The highest BCUT2D eigenvalue weighted by molar-refractivity contribution is 5.76. The minimum atomic E-state index is -1.33. The zero-order valence-corrected chi connectivity index (χ0v) is 20.2. The van der Waals surface area contributed by atoms with E-state index in [4.69, 9.17) is 9.47 Å². The first-order valence-electron chi connectivity index (χ1n) is 11.8. The maximum Gasteiger partial charge on any atom is 0.222 e. The number of hydrogen-bond acceptors (Lipinski definition) is 9. The quantitative estimate of drug-likeness (QED) is 0.246. The second kappa shape index (κ2) is 12.1. The van der Waals surface area contributed by atoms with Gasteiger partial charge in [0.15, 0.2) is 0 Å². The topological polar surface area (TPSA) is 151 Å². The Hall–Kier alpha value is -3.58. The molecule has 1 aliphatic rings. The number of amides is 1. The summed E-state index contributed by atoms with van der Waals surface area (Å²) in [5, 5.41) is 45.4. The number of aliphatic hydroxyl groups excluding tert-OH is 3. The molecule has 0 saturated carbocycles. The predicted molar refractivity (Wildman–Crippen MR) is 131 cm³/mol. The summed E-state index contributed by atoms with van der Waals surface area (Å²) in [6.07, 6.45) is -3.45. The van der Waals surface area contributed by atoms with Crippen molar-refractivity contribution in [2.24, 2.45) is 0 Å². The van der Waals surface area contributed by atoms with Gasteiger partial charge in [0.25, 0.3) is 0 Å². The maximum absolute atomic E-state index is 13.6. The zero-order valence-electron chi connectivity index (χ0n) is 20.2. The van der Waals surface area contributed by atoms with Gasteiger partial charge in [-0.25, -0.2) is 9.07 Å². The van der Waals surface area contributed by atoms with Crippen molar-refractivity contribution >= 4 is 11.6 Å². The Labute approximate surface area is 212 Å². The molecule has 0 bridgehead atoms. The average Bonchev–Trinajstić information content (AvgIpc) is 3.38. The largest absolute Gasteiger partial charge is 0.497 e. The summed E-state index contributed by atoms with van der Waals surface area (Å²) in [7, 11) is 1.59. The van der Waals surface area contributed by atoms with Crippen molar-refractivity contribution < 1.29 is 34.0 Å². The van der Waals surface area contributed by atoms with Gasteiger partial charge >= 0.3 is 0 Å². The van der Waals surface area contributed by atoms with Crippen LogP contribution in [0.1, 0.15) is 12.5 Å². The number of methoxy groups -OCH3 is 1. The molecular weight excluding hydrogens is 485 g/mol. The molecule has 1 saturated heterocycles. The summed E-state index contributed by atoms with van der Waals surface area (Å²) < 4.78 is 25.6. The standard InChI is InChI=1S/C25H30FN5O6/c1-36-18-7-5-17(6-8-18)27-9-10-28-22(33)12-20-24(34)23(25(35)21(14-32)37-20)31-13-19(29-30-31)15-3-2-4-16(26)11-15/h2-8,11,13,20-21,23-25,27,32,34-35H,9-10,12,14H2,1H3,(H,28,33)/t20-,21+,23+,24-,25-/m0/s1. The van der Waals surface area contributed by atoms with Gasteiger partial charge < -0.3 is 35.4 Å². The van der Waals surface area contributed by atoms with Crippen molar-refractivity contribution in [3.63, 3.8) is 0 Å². The van der Waals surface area contributed by atoms with Crippen LogP contribution in [-0.2, 0) is 9.53 Å². The molecule has 0 spiro atoms. The van der Waals surface area contributed by atoms with Crippen LogP contribution in [0.2, 0.25) is 0 Å². The molecule has 2 aromatic carbocycles. The molecule has 2 heterocycles. The molecule has 1 aromatic heterocycles. The lowest BCUT2D eigenvalue weighted by atomic mass is 9.91. The summed E-state index contributed by atoms with van der Waals surface area (Å²) >= 11 is 0. The molecule has 0 aliphatic carbocycles. The third-order valence-corrected chi connectivity index (χ3v) is 6.18. The number of halogens is 1. The minimum Gasteiger partial charge on any atom is -0.497 e. The number of benzene rings is 2. The Kier molecular flexibility index (Phi) is 8.66. The average molecular weight is 516 g/mol. The van der Waals surface area contributed by atoms with Crippen molar-refractivity contribution in [2.45, 2.75) is 36.9 Å². The number of carbonyl (C=O) groups is 1. The Bertz CT molecular complexity index is 1180. The maximum atomic E-state index is 13.6. The SMILES string of the molecule is COc1ccc(NCCNC(=O)C[C@@H]2O[C@H](CO)[C@H](O)[C@H](n3cc(-c4cccc(F)c4)nn3)[C@H]2O)cc1. The van der Waals surface area contributed by atoms with E-state index in [-0.39, 0.29) is 12.3 Å². The van der Waals surface area contributed by atoms with Crippen LogP contribution in [0.5, 0.6) is 5.75 Å². The van der Waals surface area contributed by atoms with Gasteiger partial charge in [-0.3, -0.25) is 4.79 Å². The van der Waals surface area contributed by atoms with Crippen LogP contribution in [0.3, 0.4) is 0 Å². The molecule has 5 atom stereocenters. The number of carbonyl (C=O) groups excluding carboxylic acids is 1. The van der Waals surface area contributed by atoms with E-state index in [0.29, 0.717) is 24.3 Å². The molecule has 11 nitrogen and oxygen atoms in total. The van der Waals surface area contributed by atoms with Crippen LogP contribution < -0.4 is 15.4 Å². The molecule has 5 N–H and O–H groups in total. The fraction of sp³-hybridized carbons (Fsp3) is 0.400. The van der Waals surface area contributed by atoms with Crippen LogP contribution >= 0.6 is 0 Å². The molecule has 4 rings (SSSR count). The molecule has 0 unspecified atom stereocenters. The van der Waals surface area contributed by atoms with E-state index >= 15 is 0 Å². The van der Waals surface area contributed by atoms with E-state index in [0.717, 1.165) is 11.4 Å². The van der Waals surface area contributed by atoms with E-state index in [9.17, 15) is 24.5 Å². The normalized spacial score (nSPS) is 23.4. The highest BCUT2D eigenvalue weighted by Crippen LogP contribution is 2.32.